The maximum atomic E-state index is 13.2. The van der Waals surface area contributed by atoms with Crippen molar-refractivity contribution in [1.29, 1.82) is 0 Å². The normalized spacial score (nSPS) is 19.0. The fourth-order valence-corrected chi connectivity index (χ4v) is 5.40. The number of rotatable bonds is 7. The molecule has 0 bridgehead atoms. The number of likely N-dealkylation sites (tertiary alicyclic amines) is 1. The molecule has 32 heavy (non-hydrogen) atoms. The van der Waals surface area contributed by atoms with Gasteiger partial charge in [0.2, 0.25) is 27.7 Å². The average Bonchev–Trinajstić information content (AvgIpc) is 2.77. The number of piperidine rings is 2. The third-order valence-corrected chi connectivity index (χ3v) is 7.41. The summed E-state index contributed by atoms with van der Waals surface area (Å²) in [4.78, 5) is 40.0. The summed E-state index contributed by atoms with van der Waals surface area (Å²) in [6.07, 6.45) is 3.46. The Balaban J connectivity index is 1.90. The topological polar surface area (TPSA) is 139 Å². The number of nitrogens with two attached hydrogens (primary N) is 1. The van der Waals surface area contributed by atoms with Crippen molar-refractivity contribution in [1.82, 2.24) is 9.62 Å². The summed E-state index contributed by atoms with van der Waals surface area (Å²) in [7, 11) is -3.08. The Kier molecular flexibility index (Phi) is 7.40. The molecule has 176 valence electrons. The lowest BCUT2D eigenvalue weighted by atomic mass is 9.99. The molecule has 1 aromatic rings. The van der Waals surface area contributed by atoms with Gasteiger partial charge in [-0.15, -0.1) is 0 Å². The smallest absolute Gasteiger partial charge is 0.250 e. The molecule has 1 atom stereocenters. The van der Waals surface area contributed by atoms with Crippen LogP contribution in [0.25, 0.3) is 0 Å². The predicted octanol–water partition coefficient (Wildman–Crippen LogP) is 0.603. The molecule has 3 amide bonds. The first-order valence-electron chi connectivity index (χ1n) is 10.7. The van der Waals surface area contributed by atoms with Gasteiger partial charge in [-0.1, -0.05) is 13.0 Å². The zero-order valence-corrected chi connectivity index (χ0v) is 19.2. The third-order valence-electron chi connectivity index (χ3n) is 5.97. The van der Waals surface area contributed by atoms with Gasteiger partial charge < -0.3 is 20.3 Å². The fraction of sp³-hybridized carbons (Fsp3) is 0.571. The van der Waals surface area contributed by atoms with Crippen LogP contribution in [0.4, 0.5) is 5.69 Å². The minimum absolute atomic E-state index is 0.0299. The summed E-state index contributed by atoms with van der Waals surface area (Å²) in [6.45, 7) is 3.38. The van der Waals surface area contributed by atoms with Crippen molar-refractivity contribution in [3.05, 3.63) is 18.2 Å². The lowest BCUT2D eigenvalue weighted by Crippen LogP contribution is -2.56. The van der Waals surface area contributed by atoms with E-state index in [4.69, 9.17) is 10.5 Å². The Labute approximate surface area is 188 Å². The molecule has 2 saturated heterocycles. The molecule has 0 aliphatic carbocycles. The number of methoxy groups -OCH3 is 1. The van der Waals surface area contributed by atoms with Crippen LogP contribution >= 0.6 is 0 Å². The van der Waals surface area contributed by atoms with E-state index in [1.807, 2.05) is 0 Å². The lowest BCUT2D eigenvalue weighted by Gasteiger charge is -2.32. The molecule has 0 radical (unpaired) electrons. The first-order chi connectivity index (χ1) is 15.2. The number of anilines is 1. The second kappa shape index (κ2) is 9.86. The van der Waals surface area contributed by atoms with Crippen LogP contribution in [0.5, 0.6) is 5.75 Å². The quantitative estimate of drug-likeness (QED) is 0.564. The van der Waals surface area contributed by atoms with E-state index < -0.39 is 27.9 Å². The summed E-state index contributed by atoms with van der Waals surface area (Å²) in [5, 5.41) is 0. The van der Waals surface area contributed by atoms with Gasteiger partial charge in [-0.2, -0.15) is 4.72 Å². The highest BCUT2D eigenvalue weighted by Gasteiger charge is 2.36. The van der Waals surface area contributed by atoms with E-state index in [-0.39, 0.29) is 16.6 Å². The van der Waals surface area contributed by atoms with Crippen LogP contribution in [0.15, 0.2) is 23.1 Å². The second-order valence-electron chi connectivity index (χ2n) is 8.28. The highest BCUT2D eigenvalue weighted by Crippen LogP contribution is 2.36. The summed E-state index contributed by atoms with van der Waals surface area (Å²) in [6, 6.07) is 2.65. The molecule has 0 unspecified atom stereocenters. The third kappa shape index (κ3) is 5.04. The van der Waals surface area contributed by atoms with E-state index in [9.17, 15) is 22.8 Å². The van der Waals surface area contributed by atoms with Gasteiger partial charge in [0.15, 0.2) is 11.8 Å². The number of ether oxygens (including phenoxy) is 1. The standard InChI is InChI=1S/C21H30N4O6S/c1-14-9-12-24(13-10-14)21(28)18(20(22)27)23-32(29,30)16-7-5-6-15(19(16)31-2)25-11-4-3-8-17(25)26/h5-7,14,18,23H,3-4,8-13H2,1-2H3,(H2,22,27)/t18-/m0/s1. The zero-order valence-electron chi connectivity index (χ0n) is 18.4. The monoisotopic (exact) mass is 466 g/mol. The van der Waals surface area contributed by atoms with Crippen molar-refractivity contribution < 1.29 is 27.5 Å². The van der Waals surface area contributed by atoms with Gasteiger partial charge in [0.05, 0.1) is 12.8 Å². The Morgan fingerprint density at radius 1 is 1.19 bits per heavy atom. The molecule has 2 heterocycles. The Morgan fingerprint density at radius 3 is 2.47 bits per heavy atom. The van der Waals surface area contributed by atoms with E-state index >= 15 is 0 Å². The number of nitrogens with zero attached hydrogens (tertiary/aromatic N) is 2. The first-order valence-corrected chi connectivity index (χ1v) is 12.2. The molecule has 3 rings (SSSR count). The molecular formula is C21H30N4O6S. The summed E-state index contributed by atoms with van der Waals surface area (Å²) in [5.74, 6) is -1.46. The largest absolute Gasteiger partial charge is 0.493 e. The molecule has 0 saturated carbocycles. The number of amides is 3. The van der Waals surface area contributed by atoms with E-state index in [2.05, 4.69) is 11.6 Å². The van der Waals surface area contributed by atoms with E-state index in [0.29, 0.717) is 37.7 Å². The van der Waals surface area contributed by atoms with Crippen LogP contribution in [-0.2, 0) is 24.4 Å². The van der Waals surface area contributed by atoms with Crippen molar-refractivity contribution in [3.8, 4) is 5.75 Å². The highest BCUT2D eigenvalue weighted by molar-refractivity contribution is 7.89. The summed E-state index contributed by atoms with van der Waals surface area (Å²) >= 11 is 0. The molecular weight excluding hydrogens is 436 g/mol. The number of sulfonamides is 1. The van der Waals surface area contributed by atoms with Gasteiger partial charge in [-0.3, -0.25) is 14.4 Å². The fourth-order valence-electron chi connectivity index (χ4n) is 4.05. The first kappa shape index (κ1) is 24.0. The maximum Gasteiger partial charge on any atom is 0.250 e. The number of carbonyl (C=O) groups is 3. The number of hydrogen-bond acceptors (Lipinski definition) is 6. The van der Waals surface area contributed by atoms with Crippen LogP contribution in [0.3, 0.4) is 0 Å². The van der Waals surface area contributed by atoms with Crippen molar-refractivity contribution in [2.75, 3.05) is 31.6 Å². The second-order valence-corrected chi connectivity index (χ2v) is 9.96. The Hall–Kier alpha value is -2.66. The SMILES string of the molecule is COc1c(N2CCCCC2=O)cccc1S(=O)(=O)N[C@@H](C(N)=O)C(=O)N1CCC(C)CC1. The zero-order chi connectivity index (χ0) is 23.5. The van der Waals surface area contributed by atoms with Gasteiger partial charge in [0.1, 0.15) is 4.90 Å². The number of hydrogen-bond donors (Lipinski definition) is 2. The molecule has 3 N–H and O–H groups in total. The van der Waals surface area contributed by atoms with Crippen molar-refractivity contribution >= 4 is 33.4 Å². The maximum absolute atomic E-state index is 13.2. The van der Waals surface area contributed by atoms with E-state index in [1.54, 1.807) is 6.07 Å². The lowest BCUT2D eigenvalue weighted by molar-refractivity contribution is -0.138. The number of para-hydroxylation sites is 1. The van der Waals surface area contributed by atoms with Crippen molar-refractivity contribution in [3.63, 3.8) is 0 Å². The van der Waals surface area contributed by atoms with Gasteiger partial charge in [-0.05, 0) is 43.7 Å². The highest BCUT2D eigenvalue weighted by atomic mass is 32.2. The van der Waals surface area contributed by atoms with Crippen LogP contribution in [0, 0.1) is 5.92 Å². The van der Waals surface area contributed by atoms with E-state index in [1.165, 1.54) is 29.0 Å². The number of primary amides is 1. The van der Waals surface area contributed by atoms with Gasteiger partial charge in [-0.25, -0.2) is 8.42 Å². The molecule has 0 spiro atoms. The average molecular weight is 467 g/mol. The molecule has 2 aliphatic heterocycles. The van der Waals surface area contributed by atoms with Crippen LogP contribution in [-0.4, -0.2) is 63.8 Å². The minimum Gasteiger partial charge on any atom is -0.493 e. The van der Waals surface area contributed by atoms with Gasteiger partial charge in [0.25, 0.3) is 0 Å². The number of carbonyl (C=O) groups excluding carboxylic acids is 3. The van der Waals surface area contributed by atoms with Crippen LogP contribution in [0.2, 0.25) is 0 Å². The molecule has 2 aliphatic rings. The molecule has 2 fully saturated rings. The van der Waals surface area contributed by atoms with Crippen LogP contribution < -0.4 is 20.1 Å². The predicted molar refractivity (Wildman–Crippen MR) is 117 cm³/mol. The molecule has 0 aromatic heterocycles. The van der Waals surface area contributed by atoms with Gasteiger partial charge in [0, 0.05) is 26.1 Å². The van der Waals surface area contributed by atoms with Crippen molar-refractivity contribution in [2.24, 2.45) is 11.7 Å². The summed E-state index contributed by atoms with van der Waals surface area (Å²) in [5.41, 5.74) is 5.72. The number of nitrogens with one attached hydrogen (secondary N) is 1. The minimum atomic E-state index is -4.38. The Morgan fingerprint density at radius 2 is 1.88 bits per heavy atom. The van der Waals surface area contributed by atoms with Crippen LogP contribution in [0.1, 0.15) is 39.0 Å². The molecule has 11 heteroatoms. The molecule has 1 aromatic carbocycles. The van der Waals surface area contributed by atoms with Crippen molar-refractivity contribution in [2.45, 2.75) is 50.0 Å². The number of benzene rings is 1. The van der Waals surface area contributed by atoms with Gasteiger partial charge >= 0.3 is 0 Å². The summed E-state index contributed by atoms with van der Waals surface area (Å²) < 4.78 is 33.9. The molecule has 10 nitrogen and oxygen atoms in total. The Bertz CT molecular complexity index is 988. The van der Waals surface area contributed by atoms with E-state index in [0.717, 1.165) is 25.7 Å².